The molecule has 1 N–H and O–H groups in total. The van der Waals surface area contributed by atoms with Gasteiger partial charge in [0, 0.05) is 12.7 Å². The molecule has 3 nitrogen and oxygen atoms in total. The molecule has 0 aromatic carbocycles. The molecule has 1 rings (SSSR count). The van der Waals surface area contributed by atoms with Crippen LogP contribution in [0.2, 0.25) is 0 Å². The van der Waals surface area contributed by atoms with Crippen molar-refractivity contribution in [3.05, 3.63) is 24.0 Å². The molecule has 0 radical (unpaired) electrons. The lowest BCUT2D eigenvalue weighted by Crippen LogP contribution is -2.15. The third-order valence-corrected chi connectivity index (χ3v) is 3.14. The zero-order valence-electron chi connectivity index (χ0n) is 11.7. The van der Waals surface area contributed by atoms with Gasteiger partial charge in [-0.05, 0) is 25.1 Å². The minimum Gasteiger partial charge on any atom is -0.311 e. The fourth-order valence-electron chi connectivity index (χ4n) is 2.03. The summed E-state index contributed by atoms with van der Waals surface area (Å²) in [5.74, 6) is 0. The van der Waals surface area contributed by atoms with Crippen molar-refractivity contribution in [2.24, 2.45) is 0 Å². The number of unbranched alkanes of at least 4 members (excludes halogenated alkanes) is 7. The molecule has 0 saturated carbocycles. The van der Waals surface area contributed by atoms with Crippen LogP contribution in [0.3, 0.4) is 0 Å². The molecule has 1 aromatic rings. The molecule has 3 heteroatoms. The zero-order valence-corrected chi connectivity index (χ0v) is 11.7. The van der Waals surface area contributed by atoms with Crippen molar-refractivity contribution in [1.82, 2.24) is 15.5 Å². The van der Waals surface area contributed by atoms with E-state index in [0.29, 0.717) is 0 Å². The van der Waals surface area contributed by atoms with Gasteiger partial charge in [0.2, 0.25) is 0 Å². The smallest absolute Gasteiger partial charge is 0.0768 e. The number of hydrogen-bond acceptors (Lipinski definition) is 3. The maximum atomic E-state index is 4.04. The number of hydrogen-bond donors (Lipinski definition) is 1. The quantitative estimate of drug-likeness (QED) is 0.608. The lowest BCUT2D eigenvalue weighted by molar-refractivity contribution is 0.552. The van der Waals surface area contributed by atoms with Crippen molar-refractivity contribution in [2.45, 2.75) is 64.8 Å². The second-order valence-electron chi connectivity index (χ2n) is 4.87. The highest BCUT2D eigenvalue weighted by atomic mass is 15.1. The number of rotatable bonds is 11. The fraction of sp³-hybridized carbons (Fsp3) is 0.733. The molecule has 0 aliphatic heterocycles. The molecule has 0 unspecified atom stereocenters. The summed E-state index contributed by atoms with van der Waals surface area (Å²) in [7, 11) is 0. The maximum absolute atomic E-state index is 4.04. The molecule has 0 saturated heterocycles. The molecule has 0 atom stereocenters. The Bertz CT molecular complexity index is 274. The summed E-state index contributed by atoms with van der Waals surface area (Å²) in [6, 6.07) is 3.94. The van der Waals surface area contributed by atoms with E-state index in [9.17, 15) is 0 Å². The van der Waals surface area contributed by atoms with Gasteiger partial charge < -0.3 is 5.32 Å². The highest BCUT2D eigenvalue weighted by Gasteiger charge is 1.94. The predicted molar refractivity (Wildman–Crippen MR) is 76.3 cm³/mol. The van der Waals surface area contributed by atoms with Crippen LogP contribution in [-0.2, 0) is 6.54 Å². The fourth-order valence-corrected chi connectivity index (χ4v) is 2.03. The molecule has 0 amide bonds. The average Bonchev–Trinajstić information content (AvgIpc) is 2.42. The Kier molecular flexibility index (Phi) is 9.35. The SMILES string of the molecule is CCCCCCCCCCNCc1cccnn1. The Morgan fingerprint density at radius 3 is 2.39 bits per heavy atom. The Labute approximate surface area is 111 Å². The third-order valence-electron chi connectivity index (χ3n) is 3.14. The van der Waals surface area contributed by atoms with Gasteiger partial charge in [0.25, 0.3) is 0 Å². The normalized spacial score (nSPS) is 10.7. The average molecular weight is 249 g/mol. The van der Waals surface area contributed by atoms with Crippen LogP contribution in [0.1, 0.15) is 64.0 Å². The molecule has 102 valence electrons. The van der Waals surface area contributed by atoms with Gasteiger partial charge in [-0.1, -0.05) is 51.9 Å². The first kappa shape index (κ1) is 15.1. The van der Waals surface area contributed by atoms with Crippen LogP contribution in [-0.4, -0.2) is 16.7 Å². The zero-order chi connectivity index (χ0) is 12.9. The van der Waals surface area contributed by atoms with Crippen molar-refractivity contribution >= 4 is 0 Å². The number of nitrogens with zero attached hydrogens (tertiary/aromatic N) is 2. The van der Waals surface area contributed by atoms with Gasteiger partial charge in [0.15, 0.2) is 0 Å². The largest absolute Gasteiger partial charge is 0.311 e. The van der Waals surface area contributed by atoms with Gasteiger partial charge in [-0.15, -0.1) is 0 Å². The van der Waals surface area contributed by atoms with E-state index in [1.165, 1.54) is 51.4 Å². The van der Waals surface area contributed by atoms with E-state index in [0.717, 1.165) is 18.8 Å². The van der Waals surface area contributed by atoms with Gasteiger partial charge in [0.05, 0.1) is 5.69 Å². The Morgan fingerprint density at radius 1 is 1.00 bits per heavy atom. The molecule has 0 aliphatic carbocycles. The maximum Gasteiger partial charge on any atom is 0.0768 e. The summed E-state index contributed by atoms with van der Waals surface area (Å²) >= 11 is 0. The standard InChI is InChI=1S/C15H27N3/c1-2-3-4-5-6-7-8-9-12-16-14-15-11-10-13-17-18-15/h10-11,13,16H,2-9,12,14H2,1H3. The second kappa shape index (κ2) is 11.1. The first-order chi connectivity index (χ1) is 8.93. The first-order valence-electron chi connectivity index (χ1n) is 7.40. The Balaban J connectivity index is 1.82. The number of aromatic nitrogens is 2. The van der Waals surface area contributed by atoms with Crippen LogP contribution in [0.5, 0.6) is 0 Å². The molecular weight excluding hydrogens is 222 g/mol. The topological polar surface area (TPSA) is 37.8 Å². The Morgan fingerprint density at radius 2 is 1.72 bits per heavy atom. The summed E-state index contributed by atoms with van der Waals surface area (Å²) in [5.41, 5.74) is 1.03. The second-order valence-corrected chi connectivity index (χ2v) is 4.87. The summed E-state index contributed by atoms with van der Waals surface area (Å²) in [4.78, 5) is 0. The molecule has 0 bridgehead atoms. The van der Waals surface area contributed by atoms with E-state index >= 15 is 0 Å². The van der Waals surface area contributed by atoms with Crippen LogP contribution >= 0.6 is 0 Å². The summed E-state index contributed by atoms with van der Waals surface area (Å²) in [5, 5.41) is 11.3. The molecule has 1 heterocycles. The lowest BCUT2D eigenvalue weighted by atomic mass is 10.1. The van der Waals surface area contributed by atoms with Crippen molar-refractivity contribution in [2.75, 3.05) is 6.54 Å². The number of nitrogens with one attached hydrogen (secondary N) is 1. The van der Waals surface area contributed by atoms with E-state index < -0.39 is 0 Å². The minimum absolute atomic E-state index is 0.838. The molecule has 0 spiro atoms. The lowest BCUT2D eigenvalue weighted by Gasteiger charge is -2.04. The summed E-state index contributed by atoms with van der Waals surface area (Å²) < 4.78 is 0. The molecular formula is C15H27N3. The van der Waals surface area contributed by atoms with Gasteiger partial charge in [-0.2, -0.15) is 10.2 Å². The van der Waals surface area contributed by atoms with E-state index in [2.05, 4.69) is 22.4 Å². The summed E-state index contributed by atoms with van der Waals surface area (Å²) in [6.07, 6.45) is 12.7. The van der Waals surface area contributed by atoms with Crippen LogP contribution in [0.4, 0.5) is 0 Å². The van der Waals surface area contributed by atoms with Crippen LogP contribution in [0.25, 0.3) is 0 Å². The van der Waals surface area contributed by atoms with Gasteiger partial charge in [-0.3, -0.25) is 0 Å². The van der Waals surface area contributed by atoms with E-state index in [1.807, 2.05) is 12.1 Å². The molecule has 0 fully saturated rings. The van der Waals surface area contributed by atoms with E-state index in [1.54, 1.807) is 6.20 Å². The highest BCUT2D eigenvalue weighted by Crippen LogP contribution is 2.07. The molecule has 18 heavy (non-hydrogen) atoms. The van der Waals surface area contributed by atoms with Crippen molar-refractivity contribution in [3.8, 4) is 0 Å². The minimum atomic E-state index is 0.838. The van der Waals surface area contributed by atoms with Crippen LogP contribution in [0.15, 0.2) is 18.3 Å². The van der Waals surface area contributed by atoms with Crippen LogP contribution < -0.4 is 5.32 Å². The highest BCUT2D eigenvalue weighted by molar-refractivity contribution is 4.98. The molecule has 1 aromatic heterocycles. The third kappa shape index (κ3) is 8.18. The van der Waals surface area contributed by atoms with Gasteiger partial charge in [0.1, 0.15) is 0 Å². The van der Waals surface area contributed by atoms with Gasteiger partial charge >= 0.3 is 0 Å². The monoisotopic (exact) mass is 249 g/mol. The van der Waals surface area contributed by atoms with Crippen molar-refractivity contribution < 1.29 is 0 Å². The van der Waals surface area contributed by atoms with Gasteiger partial charge in [-0.25, -0.2) is 0 Å². The van der Waals surface area contributed by atoms with E-state index in [4.69, 9.17) is 0 Å². The van der Waals surface area contributed by atoms with Crippen molar-refractivity contribution in [3.63, 3.8) is 0 Å². The van der Waals surface area contributed by atoms with E-state index in [-0.39, 0.29) is 0 Å². The molecule has 0 aliphatic rings. The predicted octanol–water partition coefficient (Wildman–Crippen LogP) is 3.71. The summed E-state index contributed by atoms with van der Waals surface area (Å²) in [6.45, 7) is 4.19. The first-order valence-corrected chi connectivity index (χ1v) is 7.40. The van der Waals surface area contributed by atoms with Crippen molar-refractivity contribution in [1.29, 1.82) is 0 Å². The van der Waals surface area contributed by atoms with Crippen LogP contribution in [0, 0.1) is 0 Å². The Hall–Kier alpha value is -0.960.